The van der Waals surface area contributed by atoms with Crippen molar-refractivity contribution in [1.82, 2.24) is 10.3 Å². The third-order valence-corrected chi connectivity index (χ3v) is 4.26. The highest BCUT2D eigenvalue weighted by Crippen LogP contribution is 2.17. The summed E-state index contributed by atoms with van der Waals surface area (Å²) in [6.07, 6.45) is 1.50. The van der Waals surface area contributed by atoms with Crippen molar-refractivity contribution in [3.8, 4) is 0 Å². The summed E-state index contributed by atoms with van der Waals surface area (Å²) in [5, 5.41) is 3.14. The summed E-state index contributed by atoms with van der Waals surface area (Å²) < 4.78 is 27.0. The molecule has 0 saturated carbocycles. The van der Waals surface area contributed by atoms with Crippen molar-refractivity contribution in [1.29, 1.82) is 0 Å². The topological polar surface area (TPSA) is 74.0 Å². The van der Waals surface area contributed by atoms with Gasteiger partial charge in [-0.05, 0) is 31.7 Å². The molecule has 0 atom stereocenters. The lowest BCUT2D eigenvalue weighted by Gasteiger charge is -2.06. The molecule has 2 aromatic rings. The molecule has 20 heavy (non-hydrogen) atoms. The number of benzene rings is 1. The quantitative estimate of drug-likeness (QED) is 0.764. The maximum atomic E-state index is 12.2. The molecule has 0 saturated heterocycles. The summed E-state index contributed by atoms with van der Waals surface area (Å²) in [5.41, 5.74) is 2.49. The van der Waals surface area contributed by atoms with Crippen LogP contribution in [0.4, 0.5) is 5.69 Å². The zero-order valence-corrected chi connectivity index (χ0v) is 12.4. The number of H-pyrrole nitrogens is 1. The minimum absolute atomic E-state index is 0.242. The minimum Gasteiger partial charge on any atom is -0.363 e. The number of nitrogens with one attached hydrogen (secondary N) is 3. The summed E-state index contributed by atoms with van der Waals surface area (Å²) in [4.78, 5) is 3.20. The second-order valence-corrected chi connectivity index (χ2v) is 6.29. The molecule has 0 fully saturated rings. The van der Waals surface area contributed by atoms with Gasteiger partial charge >= 0.3 is 0 Å². The lowest BCUT2D eigenvalue weighted by atomic mass is 10.2. The maximum Gasteiger partial charge on any atom is 0.263 e. The van der Waals surface area contributed by atoms with Gasteiger partial charge in [-0.25, -0.2) is 8.42 Å². The van der Waals surface area contributed by atoms with Crippen molar-refractivity contribution in [3.63, 3.8) is 0 Å². The number of rotatable bonds is 6. The van der Waals surface area contributed by atoms with Gasteiger partial charge in [0.2, 0.25) is 0 Å². The molecule has 0 aliphatic heterocycles. The number of hydrogen-bond acceptors (Lipinski definition) is 3. The Bertz CT molecular complexity index is 660. The average molecular weight is 293 g/mol. The Hall–Kier alpha value is -1.79. The predicted octanol–water partition coefficient (Wildman–Crippen LogP) is 2.23. The van der Waals surface area contributed by atoms with Crippen LogP contribution in [0.15, 0.2) is 41.4 Å². The van der Waals surface area contributed by atoms with Crippen LogP contribution >= 0.6 is 0 Å². The number of anilines is 1. The standard InChI is InChI=1S/C14H19N3O2S/c1-3-15-9-13-8-14(10-16-13)20(18,19)17-12-6-4-11(2)5-7-12/h4-8,10,15-17H,3,9H2,1-2H3. The highest BCUT2D eigenvalue weighted by molar-refractivity contribution is 7.92. The van der Waals surface area contributed by atoms with Crippen LogP contribution in [0, 0.1) is 6.92 Å². The zero-order valence-electron chi connectivity index (χ0n) is 11.6. The Balaban J connectivity index is 2.13. The first-order valence-corrected chi connectivity index (χ1v) is 7.97. The molecule has 1 aromatic carbocycles. The van der Waals surface area contributed by atoms with Crippen LogP contribution in [0.1, 0.15) is 18.2 Å². The third-order valence-electron chi connectivity index (χ3n) is 2.90. The minimum atomic E-state index is -3.54. The predicted molar refractivity (Wildman–Crippen MR) is 80.2 cm³/mol. The number of aryl methyl sites for hydroxylation is 1. The Labute approximate surface area is 119 Å². The molecule has 2 rings (SSSR count). The first-order chi connectivity index (χ1) is 9.51. The van der Waals surface area contributed by atoms with Crippen LogP contribution in [0.25, 0.3) is 0 Å². The van der Waals surface area contributed by atoms with E-state index >= 15 is 0 Å². The van der Waals surface area contributed by atoms with E-state index < -0.39 is 10.0 Å². The van der Waals surface area contributed by atoms with Gasteiger partial charge in [0.15, 0.2) is 0 Å². The molecule has 0 aliphatic rings. The van der Waals surface area contributed by atoms with E-state index in [1.165, 1.54) is 6.20 Å². The molecule has 1 aromatic heterocycles. The molecule has 6 heteroatoms. The van der Waals surface area contributed by atoms with Gasteiger partial charge < -0.3 is 10.3 Å². The van der Waals surface area contributed by atoms with Gasteiger partial charge in [0.1, 0.15) is 4.90 Å². The van der Waals surface area contributed by atoms with Gasteiger partial charge in [0.25, 0.3) is 10.0 Å². The molecular formula is C14H19N3O2S. The molecule has 3 N–H and O–H groups in total. The van der Waals surface area contributed by atoms with E-state index in [1.54, 1.807) is 18.2 Å². The number of sulfonamides is 1. The second kappa shape index (κ2) is 6.11. The number of aromatic nitrogens is 1. The van der Waals surface area contributed by atoms with E-state index in [0.29, 0.717) is 12.2 Å². The van der Waals surface area contributed by atoms with Crippen molar-refractivity contribution in [2.75, 3.05) is 11.3 Å². The second-order valence-electron chi connectivity index (χ2n) is 4.61. The monoisotopic (exact) mass is 293 g/mol. The summed E-state index contributed by atoms with van der Waals surface area (Å²) in [6, 6.07) is 8.87. The molecule has 108 valence electrons. The Kier molecular flexibility index (Phi) is 4.46. The highest BCUT2D eigenvalue weighted by atomic mass is 32.2. The average Bonchev–Trinajstić information content (AvgIpc) is 2.88. The van der Waals surface area contributed by atoms with Crippen molar-refractivity contribution in [2.45, 2.75) is 25.3 Å². The fourth-order valence-corrected chi connectivity index (χ4v) is 2.85. The van der Waals surface area contributed by atoms with Gasteiger partial charge in [0, 0.05) is 24.1 Å². The lowest BCUT2D eigenvalue weighted by molar-refractivity contribution is 0.601. The lowest BCUT2D eigenvalue weighted by Crippen LogP contribution is -2.13. The zero-order chi connectivity index (χ0) is 14.6. The largest absolute Gasteiger partial charge is 0.363 e. The van der Waals surface area contributed by atoms with E-state index in [-0.39, 0.29) is 4.90 Å². The molecule has 0 bridgehead atoms. The highest BCUT2D eigenvalue weighted by Gasteiger charge is 2.15. The van der Waals surface area contributed by atoms with E-state index in [9.17, 15) is 8.42 Å². The summed E-state index contributed by atoms with van der Waals surface area (Å²) in [6.45, 7) is 5.41. The van der Waals surface area contributed by atoms with Crippen LogP contribution < -0.4 is 10.0 Å². The van der Waals surface area contributed by atoms with Gasteiger partial charge in [-0.15, -0.1) is 0 Å². The van der Waals surface area contributed by atoms with Crippen LogP contribution in [0.2, 0.25) is 0 Å². The fraction of sp³-hybridized carbons (Fsp3) is 0.286. The molecule has 1 heterocycles. The van der Waals surface area contributed by atoms with Gasteiger partial charge in [-0.3, -0.25) is 4.72 Å². The smallest absolute Gasteiger partial charge is 0.263 e. The maximum absolute atomic E-state index is 12.2. The third kappa shape index (κ3) is 3.61. The van der Waals surface area contributed by atoms with Crippen LogP contribution in [0.3, 0.4) is 0 Å². The molecule has 0 radical (unpaired) electrons. The fourth-order valence-electron chi connectivity index (χ4n) is 1.77. The van der Waals surface area contributed by atoms with E-state index in [4.69, 9.17) is 0 Å². The molecule has 0 unspecified atom stereocenters. The number of hydrogen-bond donors (Lipinski definition) is 3. The molecule has 0 amide bonds. The van der Waals surface area contributed by atoms with Crippen LogP contribution in [-0.2, 0) is 16.6 Å². The Morgan fingerprint density at radius 2 is 1.90 bits per heavy atom. The van der Waals surface area contributed by atoms with E-state index in [1.807, 2.05) is 26.0 Å². The van der Waals surface area contributed by atoms with Crippen molar-refractivity contribution >= 4 is 15.7 Å². The number of aromatic amines is 1. The van der Waals surface area contributed by atoms with Crippen molar-refractivity contribution in [3.05, 3.63) is 47.8 Å². The van der Waals surface area contributed by atoms with Gasteiger partial charge in [0.05, 0.1) is 0 Å². The van der Waals surface area contributed by atoms with Gasteiger partial charge in [-0.1, -0.05) is 24.6 Å². The molecule has 5 nitrogen and oxygen atoms in total. The van der Waals surface area contributed by atoms with Crippen LogP contribution in [0.5, 0.6) is 0 Å². The SMILES string of the molecule is CCNCc1cc(S(=O)(=O)Nc2ccc(C)cc2)c[nH]1. The molecule has 0 spiro atoms. The van der Waals surface area contributed by atoms with E-state index in [2.05, 4.69) is 15.0 Å². The molecule has 0 aliphatic carbocycles. The Morgan fingerprint density at radius 3 is 2.55 bits per heavy atom. The van der Waals surface area contributed by atoms with E-state index in [0.717, 1.165) is 17.8 Å². The van der Waals surface area contributed by atoms with Crippen molar-refractivity contribution < 1.29 is 8.42 Å². The van der Waals surface area contributed by atoms with Crippen molar-refractivity contribution in [2.24, 2.45) is 0 Å². The normalized spacial score (nSPS) is 11.5. The summed E-state index contributed by atoms with van der Waals surface area (Å²) in [7, 11) is -3.54. The first-order valence-electron chi connectivity index (χ1n) is 6.49. The first kappa shape index (κ1) is 14.6. The van der Waals surface area contributed by atoms with Gasteiger partial charge in [-0.2, -0.15) is 0 Å². The summed E-state index contributed by atoms with van der Waals surface area (Å²) in [5.74, 6) is 0. The molecular weight excluding hydrogens is 274 g/mol. The summed E-state index contributed by atoms with van der Waals surface area (Å²) >= 11 is 0. The van der Waals surface area contributed by atoms with Crippen LogP contribution in [-0.4, -0.2) is 19.9 Å². The Morgan fingerprint density at radius 1 is 1.20 bits per heavy atom.